The van der Waals surface area contributed by atoms with Gasteiger partial charge in [-0.25, -0.2) is 0 Å². The van der Waals surface area contributed by atoms with Gasteiger partial charge in [0.25, 0.3) is 0 Å². The molecular weight excluding hydrogens is 172 g/mol. The van der Waals surface area contributed by atoms with Crippen LogP contribution in [0.1, 0.15) is 37.3 Å². The van der Waals surface area contributed by atoms with Gasteiger partial charge in [-0.15, -0.1) is 0 Å². The number of hydrogen-bond acceptors (Lipinski definition) is 1. The molecule has 0 amide bonds. The van der Waals surface area contributed by atoms with E-state index in [-0.39, 0.29) is 11.5 Å². The van der Waals surface area contributed by atoms with E-state index in [0.29, 0.717) is 0 Å². The zero-order chi connectivity index (χ0) is 10.2. The predicted octanol–water partition coefficient (Wildman–Crippen LogP) is 2.80. The van der Waals surface area contributed by atoms with E-state index in [1.54, 1.807) is 0 Å². The Kier molecular flexibility index (Phi) is 2.36. The van der Waals surface area contributed by atoms with E-state index in [4.69, 9.17) is 0 Å². The average molecular weight is 190 g/mol. The monoisotopic (exact) mass is 190 g/mol. The molecule has 1 N–H and O–H groups in total. The average Bonchev–Trinajstić information content (AvgIpc) is 2.48. The predicted molar refractivity (Wildman–Crippen MR) is 58.4 cm³/mol. The lowest BCUT2D eigenvalue weighted by Crippen LogP contribution is -2.18. The Balaban J connectivity index is 2.26. The Hall–Kier alpha value is -0.820. The summed E-state index contributed by atoms with van der Waals surface area (Å²) in [5, 5.41) is 9.58. The van der Waals surface area contributed by atoms with Crippen molar-refractivity contribution in [1.29, 1.82) is 0 Å². The highest BCUT2D eigenvalue weighted by molar-refractivity contribution is 5.29. The molecular formula is C13H18O. The largest absolute Gasteiger partial charge is 0.393 e. The number of rotatable bonds is 1. The van der Waals surface area contributed by atoms with E-state index in [1.807, 2.05) is 0 Å². The van der Waals surface area contributed by atoms with Gasteiger partial charge in [-0.3, -0.25) is 0 Å². The molecule has 0 saturated heterocycles. The summed E-state index contributed by atoms with van der Waals surface area (Å²) in [7, 11) is 0. The third kappa shape index (κ3) is 1.69. The molecule has 0 spiro atoms. The fraction of sp³-hybridized carbons (Fsp3) is 0.538. The first-order valence-electron chi connectivity index (χ1n) is 5.35. The maximum Gasteiger partial charge on any atom is 0.0549 e. The molecule has 0 heterocycles. The fourth-order valence-electron chi connectivity index (χ4n) is 2.43. The van der Waals surface area contributed by atoms with Crippen molar-refractivity contribution in [3.8, 4) is 0 Å². The van der Waals surface area contributed by atoms with Crippen LogP contribution in [0.2, 0.25) is 0 Å². The summed E-state index contributed by atoms with van der Waals surface area (Å²) in [5.74, 6) is 0. The smallest absolute Gasteiger partial charge is 0.0549 e. The molecule has 1 aromatic carbocycles. The molecule has 2 atom stereocenters. The molecule has 0 unspecified atom stereocenters. The Morgan fingerprint density at radius 1 is 1.29 bits per heavy atom. The van der Waals surface area contributed by atoms with Crippen LogP contribution in [-0.2, 0) is 5.41 Å². The summed E-state index contributed by atoms with van der Waals surface area (Å²) in [6.45, 7) is 4.36. The van der Waals surface area contributed by atoms with Crippen LogP contribution in [0.3, 0.4) is 0 Å². The zero-order valence-electron chi connectivity index (χ0n) is 8.96. The molecule has 0 aliphatic heterocycles. The fourth-order valence-corrected chi connectivity index (χ4v) is 2.43. The van der Waals surface area contributed by atoms with Gasteiger partial charge in [0, 0.05) is 0 Å². The van der Waals surface area contributed by atoms with Gasteiger partial charge >= 0.3 is 0 Å². The molecule has 1 fully saturated rings. The molecule has 2 rings (SSSR count). The Bertz CT molecular complexity index is 315. The highest BCUT2D eigenvalue weighted by Crippen LogP contribution is 2.40. The number of aryl methyl sites for hydroxylation is 1. The summed E-state index contributed by atoms with van der Waals surface area (Å²) < 4.78 is 0. The molecule has 0 bridgehead atoms. The van der Waals surface area contributed by atoms with Crippen molar-refractivity contribution in [2.45, 2.75) is 44.6 Å². The summed E-state index contributed by atoms with van der Waals surface area (Å²) in [6.07, 6.45) is 2.87. The third-order valence-electron chi connectivity index (χ3n) is 3.46. The minimum atomic E-state index is -0.0960. The highest BCUT2D eigenvalue weighted by atomic mass is 16.3. The minimum Gasteiger partial charge on any atom is -0.393 e. The van der Waals surface area contributed by atoms with Gasteiger partial charge in [0.2, 0.25) is 0 Å². The standard InChI is InChI=1S/C13H18O/c1-10-3-5-11(6-4-10)13(2)8-7-12(14)9-13/h3-6,12,14H,7-9H2,1-2H3/t12-,13-/m0/s1. The van der Waals surface area contributed by atoms with Crippen LogP contribution < -0.4 is 0 Å². The van der Waals surface area contributed by atoms with Gasteiger partial charge in [-0.1, -0.05) is 36.8 Å². The van der Waals surface area contributed by atoms with Crippen LogP contribution in [0.4, 0.5) is 0 Å². The van der Waals surface area contributed by atoms with Gasteiger partial charge in [0.05, 0.1) is 6.10 Å². The van der Waals surface area contributed by atoms with Gasteiger partial charge < -0.3 is 5.11 Å². The van der Waals surface area contributed by atoms with Crippen molar-refractivity contribution >= 4 is 0 Å². The van der Waals surface area contributed by atoms with Gasteiger partial charge in [-0.05, 0) is 37.2 Å². The zero-order valence-corrected chi connectivity index (χ0v) is 8.96. The number of benzene rings is 1. The molecule has 14 heavy (non-hydrogen) atoms. The molecule has 1 aliphatic rings. The third-order valence-corrected chi connectivity index (χ3v) is 3.46. The van der Waals surface area contributed by atoms with Gasteiger partial charge in [-0.2, -0.15) is 0 Å². The van der Waals surface area contributed by atoms with Crippen LogP contribution >= 0.6 is 0 Å². The van der Waals surface area contributed by atoms with Crippen LogP contribution in [0, 0.1) is 6.92 Å². The normalized spacial score (nSPS) is 32.1. The highest BCUT2D eigenvalue weighted by Gasteiger charge is 2.35. The maximum absolute atomic E-state index is 9.58. The summed E-state index contributed by atoms with van der Waals surface area (Å²) >= 11 is 0. The summed E-state index contributed by atoms with van der Waals surface area (Å²) in [6, 6.07) is 8.72. The Morgan fingerprint density at radius 3 is 2.43 bits per heavy atom. The number of aliphatic hydroxyl groups excluding tert-OH is 1. The lowest BCUT2D eigenvalue weighted by Gasteiger charge is -2.24. The second kappa shape index (κ2) is 3.39. The summed E-state index contributed by atoms with van der Waals surface area (Å²) in [4.78, 5) is 0. The first kappa shape index (κ1) is 9.72. The van der Waals surface area contributed by atoms with Crippen LogP contribution in [-0.4, -0.2) is 11.2 Å². The van der Waals surface area contributed by atoms with Crippen molar-refractivity contribution < 1.29 is 5.11 Å². The summed E-state index contributed by atoms with van der Waals surface area (Å²) in [5.41, 5.74) is 2.88. The van der Waals surface area contributed by atoms with Gasteiger partial charge in [0.15, 0.2) is 0 Å². The first-order chi connectivity index (χ1) is 6.60. The van der Waals surface area contributed by atoms with Crippen molar-refractivity contribution in [2.24, 2.45) is 0 Å². The SMILES string of the molecule is Cc1ccc([C@@]2(C)CC[C@H](O)C2)cc1. The van der Waals surface area contributed by atoms with Crippen molar-refractivity contribution in [3.05, 3.63) is 35.4 Å². The van der Waals surface area contributed by atoms with E-state index in [0.717, 1.165) is 19.3 Å². The second-order valence-corrected chi connectivity index (χ2v) is 4.82. The van der Waals surface area contributed by atoms with Crippen molar-refractivity contribution in [2.75, 3.05) is 0 Å². The van der Waals surface area contributed by atoms with E-state index in [1.165, 1.54) is 11.1 Å². The van der Waals surface area contributed by atoms with Crippen LogP contribution in [0.25, 0.3) is 0 Å². The van der Waals surface area contributed by atoms with E-state index in [9.17, 15) is 5.11 Å². The van der Waals surface area contributed by atoms with E-state index in [2.05, 4.69) is 38.1 Å². The number of aliphatic hydroxyl groups is 1. The molecule has 1 saturated carbocycles. The van der Waals surface area contributed by atoms with Crippen molar-refractivity contribution in [1.82, 2.24) is 0 Å². The molecule has 0 radical (unpaired) electrons. The second-order valence-electron chi connectivity index (χ2n) is 4.82. The van der Waals surface area contributed by atoms with E-state index < -0.39 is 0 Å². The Morgan fingerprint density at radius 2 is 1.93 bits per heavy atom. The maximum atomic E-state index is 9.58. The lowest BCUT2D eigenvalue weighted by atomic mass is 9.81. The van der Waals surface area contributed by atoms with Gasteiger partial charge in [0.1, 0.15) is 0 Å². The van der Waals surface area contributed by atoms with Crippen LogP contribution in [0.5, 0.6) is 0 Å². The molecule has 1 heteroatoms. The molecule has 1 aromatic rings. The molecule has 0 aromatic heterocycles. The molecule has 1 nitrogen and oxygen atoms in total. The first-order valence-corrected chi connectivity index (χ1v) is 5.35. The minimum absolute atomic E-state index is 0.0960. The molecule has 1 aliphatic carbocycles. The topological polar surface area (TPSA) is 20.2 Å². The van der Waals surface area contributed by atoms with Crippen molar-refractivity contribution in [3.63, 3.8) is 0 Å². The number of hydrogen-bond donors (Lipinski definition) is 1. The quantitative estimate of drug-likeness (QED) is 0.722. The Labute approximate surface area is 85.8 Å². The lowest BCUT2D eigenvalue weighted by molar-refractivity contribution is 0.175. The van der Waals surface area contributed by atoms with E-state index >= 15 is 0 Å². The van der Waals surface area contributed by atoms with Crippen LogP contribution in [0.15, 0.2) is 24.3 Å². The molecule has 76 valence electrons.